The van der Waals surface area contributed by atoms with Crippen LogP contribution in [0.3, 0.4) is 0 Å². The number of carbonyl (C=O) groups is 2. The molecule has 0 aromatic rings. The van der Waals surface area contributed by atoms with E-state index in [-0.39, 0.29) is 40.7 Å². The van der Waals surface area contributed by atoms with Gasteiger partial charge in [0, 0.05) is 43.4 Å². The summed E-state index contributed by atoms with van der Waals surface area (Å²) in [6.07, 6.45) is 8.13. The van der Waals surface area contributed by atoms with Crippen molar-refractivity contribution >= 4 is 11.7 Å². The molecular weight excluding hydrogens is 438 g/mol. The third kappa shape index (κ3) is 2.49. The number of hydrogen-bond acceptors (Lipinski definition) is 4. The van der Waals surface area contributed by atoms with Crippen LogP contribution in [0, 0.1) is 46.3 Å². The maximum Gasteiger partial charge on any atom is 0.219 e. The van der Waals surface area contributed by atoms with E-state index in [1.54, 1.807) is 6.92 Å². The normalized spacial score (nSPS) is 56.0. The van der Waals surface area contributed by atoms with Crippen LogP contribution in [0.1, 0.15) is 79.6 Å². The molecule has 2 aliphatic heterocycles. The Hall–Kier alpha value is -1.20. The summed E-state index contributed by atoms with van der Waals surface area (Å²) >= 11 is 0. The number of hydrogen-bond donors (Lipinski definition) is 0. The largest absolute Gasteiger partial charge is 0.381 e. The fraction of sp³-hybridized carbons (Fsp3) is 0.867. The highest BCUT2D eigenvalue weighted by atomic mass is 16.5. The van der Waals surface area contributed by atoms with E-state index in [4.69, 9.17) is 9.47 Å². The molecule has 2 saturated heterocycles. The molecule has 1 amide bonds. The Morgan fingerprint density at radius 2 is 1.94 bits per heavy atom. The summed E-state index contributed by atoms with van der Waals surface area (Å²) in [5.41, 5.74) is 2.24. The van der Waals surface area contributed by atoms with Crippen molar-refractivity contribution < 1.29 is 19.1 Å². The number of carbonyl (C=O) groups excluding carboxylic acids is 2. The number of allylic oxidation sites excluding steroid dienone is 1. The van der Waals surface area contributed by atoms with Gasteiger partial charge in [-0.25, -0.2) is 0 Å². The van der Waals surface area contributed by atoms with Gasteiger partial charge >= 0.3 is 0 Å². The zero-order valence-electron chi connectivity index (χ0n) is 22.4. The lowest BCUT2D eigenvalue weighted by Gasteiger charge is -2.51. The van der Waals surface area contributed by atoms with Crippen molar-refractivity contribution in [3.8, 4) is 0 Å². The number of Topliss-reactive ketones (excluding diaryl/α,β-unsaturated/α-hetero) is 1. The molecule has 0 aromatic heterocycles. The monoisotopic (exact) mass is 481 g/mol. The Balaban J connectivity index is 1.30. The van der Waals surface area contributed by atoms with E-state index >= 15 is 0 Å². The summed E-state index contributed by atoms with van der Waals surface area (Å²) in [6.45, 7) is 11.7. The van der Waals surface area contributed by atoms with Crippen LogP contribution in [-0.2, 0) is 19.1 Å². The lowest BCUT2D eigenvalue weighted by Crippen LogP contribution is -2.54. The van der Waals surface area contributed by atoms with Crippen molar-refractivity contribution in [2.24, 2.45) is 46.3 Å². The van der Waals surface area contributed by atoms with Crippen LogP contribution in [-0.4, -0.2) is 54.1 Å². The van der Waals surface area contributed by atoms with E-state index in [9.17, 15) is 9.59 Å². The van der Waals surface area contributed by atoms with Crippen LogP contribution in [0.4, 0.5) is 0 Å². The fourth-order valence-corrected chi connectivity index (χ4v) is 11.4. The average molecular weight is 482 g/mol. The highest BCUT2D eigenvalue weighted by Gasteiger charge is 2.79. The zero-order chi connectivity index (χ0) is 24.7. The summed E-state index contributed by atoms with van der Waals surface area (Å²) < 4.78 is 13.2. The van der Waals surface area contributed by atoms with E-state index in [1.807, 2.05) is 7.11 Å². The van der Waals surface area contributed by atoms with Gasteiger partial charge in [-0.15, -0.1) is 0 Å². The Bertz CT molecular complexity index is 1040. The second-order valence-electron chi connectivity index (χ2n) is 13.9. The van der Waals surface area contributed by atoms with Crippen molar-refractivity contribution in [2.45, 2.75) is 103 Å². The van der Waals surface area contributed by atoms with E-state index in [1.165, 1.54) is 24.8 Å². The van der Waals surface area contributed by atoms with Gasteiger partial charge in [0.15, 0.2) is 5.78 Å². The van der Waals surface area contributed by atoms with Gasteiger partial charge in [-0.3, -0.25) is 9.59 Å². The van der Waals surface area contributed by atoms with Crippen molar-refractivity contribution in [1.82, 2.24) is 4.90 Å². The Morgan fingerprint density at radius 3 is 2.63 bits per heavy atom. The molecule has 12 atom stereocenters. The molecule has 2 spiro atoms. The molecule has 12 unspecified atom stereocenters. The summed E-state index contributed by atoms with van der Waals surface area (Å²) in [5, 5.41) is 0. The molecule has 0 bridgehead atoms. The Labute approximate surface area is 210 Å². The predicted molar refractivity (Wildman–Crippen MR) is 132 cm³/mol. The number of piperidine rings is 1. The number of methoxy groups -OCH3 is 1. The first-order chi connectivity index (χ1) is 16.6. The van der Waals surface area contributed by atoms with Crippen molar-refractivity contribution in [3.05, 3.63) is 11.1 Å². The van der Waals surface area contributed by atoms with Crippen molar-refractivity contribution in [1.29, 1.82) is 0 Å². The number of rotatable bonds is 1. The van der Waals surface area contributed by atoms with E-state index < -0.39 is 5.60 Å². The minimum Gasteiger partial charge on any atom is -0.381 e. The maximum atomic E-state index is 14.5. The van der Waals surface area contributed by atoms with Crippen LogP contribution in [0.25, 0.3) is 0 Å². The molecule has 35 heavy (non-hydrogen) atoms. The Morgan fingerprint density at radius 1 is 1.17 bits per heavy atom. The molecule has 4 saturated carbocycles. The van der Waals surface area contributed by atoms with Crippen LogP contribution in [0.15, 0.2) is 11.1 Å². The van der Waals surface area contributed by atoms with Crippen LogP contribution in [0.2, 0.25) is 0 Å². The third-order valence-electron chi connectivity index (χ3n) is 12.9. The summed E-state index contributed by atoms with van der Waals surface area (Å²) in [4.78, 5) is 29.2. The molecule has 5 aliphatic carbocycles. The number of amides is 1. The van der Waals surface area contributed by atoms with Gasteiger partial charge in [-0.05, 0) is 86.5 Å². The second-order valence-corrected chi connectivity index (χ2v) is 13.9. The fourth-order valence-electron chi connectivity index (χ4n) is 11.4. The van der Waals surface area contributed by atoms with Crippen LogP contribution >= 0.6 is 0 Å². The van der Waals surface area contributed by atoms with Gasteiger partial charge in [0.25, 0.3) is 0 Å². The van der Waals surface area contributed by atoms with E-state index in [0.29, 0.717) is 29.6 Å². The summed E-state index contributed by atoms with van der Waals surface area (Å²) in [7, 11) is 1.90. The van der Waals surface area contributed by atoms with Gasteiger partial charge in [-0.2, -0.15) is 0 Å². The van der Waals surface area contributed by atoms with Crippen LogP contribution < -0.4 is 0 Å². The highest BCUT2D eigenvalue weighted by Crippen LogP contribution is 2.81. The molecule has 5 nitrogen and oxygen atoms in total. The zero-order valence-corrected chi connectivity index (χ0v) is 22.4. The maximum absolute atomic E-state index is 14.5. The van der Waals surface area contributed by atoms with E-state index in [0.717, 1.165) is 43.7 Å². The summed E-state index contributed by atoms with van der Waals surface area (Å²) in [6, 6.07) is 0.121. The minimum atomic E-state index is -0.404. The topological polar surface area (TPSA) is 55.8 Å². The van der Waals surface area contributed by atoms with Gasteiger partial charge in [-0.1, -0.05) is 20.8 Å². The highest BCUT2D eigenvalue weighted by molar-refractivity contribution is 6.02. The standard InChI is InChI=1S/C30H43NO4/c1-15-11-22-26(31(14-15)18(4)32)17(3)30(35-22)10-8-20-21-12-23(34-6)29-13-19(29)7-9-28(29,5)25(21)27(33)24(20)16(30)2/h15,17,19-23,25-26H,7-14H2,1-6H3. The molecule has 7 aliphatic rings. The minimum absolute atomic E-state index is 0.0734. The van der Waals surface area contributed by atoms with Gasteiger partial charge in [0.05, 0.1) is 23.9 Å². The molecule has 0 aromatic carbocycles. The summed E-state index contributed by atoms with van der Waals surface area (Å²) in [5.74, 6) is 2.93. The van der Waals surface area contributed by atoms with Crippen molar-refractivity contribution in [2.75, 3.05) is 13.7 Å². The predicted octanol–water partition coefficient (Wildman–Crippen LogP) is 4.78. The molecule has 5 heteroatoms. The SMILES string of the molecule is COC1CC2C3CCC4(OC5CC(C)CN(C(C)=O)C5C4C)C(C)=C3C(=O)C2C2(C)CCC3CC312. The molecule has 0 radical (unpaired) electrons. The first-order valence-electron chi connectivity index (χ1n) is 14.3. The first kappa shape index (κ1) is 23.0. The van der Waals surface area contributed by atoms with Gasteiger partial charge in [0.2, 0.25) is 5.91 Å². The third-order valence-corrected chi connectivity index (χ3v) is 12.9. The second kappa shape index (κ2) is 7.01. The van der Waals surface area contributed by atoms with Crippen LogP contribution in [0.5, 0.6) is 0 Å². The molecule has 0 N–H and O–H groups in total. The molecule has 7 rings (SSSR count). The number of likely N-dealkylation sites (tertiary alicyclic amines) is 1. The first-order valence-corrected chi connectivity index (χ1v) is 14.3. The lowest BCUT2D eigenvalue weighted by molar-refractivity contribution is -0.141. The number of nitrogens with zero attached hydrogens (tertiary/aromatic N) is 1. The lowest BCUT2D eigenvalue weighted by atomic mass is 9.54. The molecule has 6 fully saturated rings. The Kier molecular flexibility index (Phi) is 4.60. The van der Waals surface area contributed by atoms with Gasteiger partial charge < -0.3 is 14.4 Å². The van der Waals surface area contributed by atoms with E-state index in [2.05, 4.69) is 32.6 Å². The molecule has 192 valence electrons. The number of fused-ring (bicyclic) bond motifs is 5. The number of ether oxygens (including phenoxy) is 2. The quantitative estimate of drug-likeness (QED) is 0.541. The average Bonchev–Trinajstić information content (AvgIpc) is 3.24. The number of ketones is 1. The molecule has 2 heterocycles. The molecular formula is C30H43NO4. The van der Waals surface area contributed by atoms with Gasteiger partial charge in [0.1, 0.15) is 0 Å². The van der Waals surface area contributed by atoms with Crippen molar-refractivity contribution in [3.63, 3.8) is 0 Å². The smallest absolute Gasteiger partial charge is 0.219 e.